The first-order valence-corrected chi connectivity index (χ1v) is 12.1. The van der Waals surface area contributed by atoms with Gasteiger partial charge in [0.05, 0.1) is 5.52 Å². The van der Waals surface area contributed by atoms with Crippen LogP contribution in [0.3, 0.4) is 0 Å². The van der Waals surface area contributed by atoms with Gasteiger partial charge in [-0.2, -0.15) is 4.68 Å². The lowest BCUT2D eigenvalue weighted by Gasteiger charge is -2.29. The van der Waals surface area contributed by atoms with Gasteiger partial charge >= 0.3 is 0 Å². The van der Waals surface area contributed by atoms with Crippen molar-refractivity contribution < 1.29 is 9.18 Å². The molecule has 5 rings (SSSR count). The first-order valence-electron chi connectivity index (χ1n) is 10.7. The highest BCUT2D eigenvalue weighted by molar-refractivity contribution is 7.73. The number of carbonyl (C=O) groups excluding carboxylic acids is 1. The molecule has 0 amide bonds. The molecule has 6 heteroatoms. The molecule has 0 aliphatic carbocycles. The zero-order valence-electron chi connectivity index (χ0n) is 17.8. The predicted octanol–water partition coefficient (Wildman–Crippen LogP) is 5.47. The van der Waals surface area contributed by atoms with E-state index in [1.165, 1.54) is 16.8 Å². The van der Waals surface area contributed by atoms with Crippen LogP contribution in [0.25, 0.3) is 11.0 Å². The lowest BCUT2D eigenvalue weighted by molar-refractivity contribution is 0.0889. The van der Waals surface area contributed by atoms with Gasteiger partial charge in [-0.1, -0.05) is 90.1 Å². The molecule has 4 nitrogen and oxygen atoms in total. The summed E-state index contributed by atoms with van der Waals surface area (Å²) in [5.74, 6) is -0.438. The normalized spacial score (nSPS) is 12.2. The number of fused-ring (bicyclic) bond motifs is 1. The van der Waals surface area contributed by atoms with Crippen LogP contribution in [0.4, 0.5) is 4.39 Å². The van der Waals surface area contributed by atoms with Crippen molar-refractivity contribution in [2.75, 3.05) is 0 Å². The number of para-hydroxylation sites is 1. The molecule has 162 valence electrons. The van der Waals surface area contributed by atoms with Gasteiger partial charge in [-0.15, -0.1) is 5.10 Å². The Morgan fingerprint density at radius 3 is 2.00 bits per heavy atom. The standard InChI is InChI=1S/C27H21FN3OP/c28-21-17-15-20(16-18-21)26(19-27(32)31-25-14-8-7-13-24(25)29-30-31)33(22-9-3-1-4-10-22)23-11-5-2-6-12-23/h1-18,26H,19H2/t26-/m1/s1. The topological polar surface area (TPSA) is 47.8 Å². The highest BCUT2D eigenvalue weighted by atomic mass is 31.1. The minimum atomic E-state index is -0.957. The zero-order chi connectivity index (χ0) is 22.6. The predicted molar refractivity (Wildman–Crippen MR) is 131 cm³/mol. The maximum absolute atomic E-state index is 13.8. The lowest BCUT2D eigenvalue weighted by atomic mass is 10.1. The molecule has 0 N–H and O–H groups in total. The van der Waals surface area contributed by atoms with Crippen LogP contribution in [0.2, 0.25) is 0 Å². The molecule has 0 aliphatic rings. The second kappa shape index (κ2) is 9.43. The number of halogens is 1. The maximum Gasteiger partial charge on any atom is 0.249 e. The third kappa shape index (κ3) is 4.46. The minimum Gasteiger partial charge on any atom is -0.272 e. The van der Waals surface area contributed by atoms with E-state index in [1.54, 1.807) is 12.1 Å². The molecule has 0 fully saturated rings. The van der Waals surface area contributed by atoms with Crippen LogP contribution in [-0.4, -0.2) is 20.9 Å². The van der Waals surface area contributed by atoms with E-state index in [0.29, 0.717) is 11.0 Å². The van der Waals surface area contributed by atoms with Crippen LogP contribution in [0.15, 0.2) is 109 Å². The summed E-state index contributed by atoms with van der Waals surface area (Å²) in [6.45, 7) is 0. The van der Waals surface area contributed by atoms with Crippen molar-refractivity contribution in [2.24, 2.45) is 0 Å². The molecule has 33 heavy (non-hydrogen) atoms. The number of nitrogens with zero attached hydrogens (tertiary/aromatic N) is 3. The van der Waals surface area contributed by atoms with Gasteiger partial charge in [0.2, 0.25) is 5.91 Å². The summed E-state index contributed by atoms with van der Waals surface area (Å²) in [5, 5.41) is 10.6. The van der Waals surface area contributed by atoms with Gasteiger partial charge in [0.25, 0.3) is 0 Å². The second-order valence-corrected chi connectivity index (χ2v) is 10.1. The van der Waals surface area contributed by atoms with Gasteiger partial charge < -0.3 is 0 Å². The van der Waals surface area contributed by atoms with E-state index >= 15 is 0 Å². The number of carbonyl (C=O) groups is 1. The SMILES string of the molecule is O=C(C[C@H](c1ccc(F)cc1)P(c1ccccc1)c1ccccc1)n1nnc2ccccc21. The Labute approximate surface area is 192 Å². The molecular formula is C27H21FN3OP. The average molecular weight is 453 g/mol. The molecule has 0 unspecified atom stereocenters. The fraction of sp³-hybridized carbons (Fsp3) is 0.0741. The monoisotopic (exact) mass is 453 g/mol. The van der Waals surface area contributed by atoms with E-state index in [-0.39, 0.29) is 23.8 Å². The zero-order valence-corrected chi connectivity index (χ0v) is 18.6. The van der Waals surface area contributed by atoms with Gasteiger partial charge in [0, 0.05) is 12.1 Å². The van der Waals surface area contributed by atoms with E-state index in [2.05, 4.69) is 34.6 Å². The van der Waals surface area contributed by atoms with E-state index in [9.17, 15) is 9.18 Å². The van der Waals surface area contributed by atoms with Gasteiger partial charge in [0.15, 0.2) is 0 Å². The maximum atomic E-state index is 13.8. The largest absolute Gasteiger partial charge is 0.272 e. The second-order valence-electron chi connectivity index (χ2n) is 7.70. The molecule has 5 aromatic rings. The molecule has 0 saturated heterocycles. The average Bonchev–Trinajstić information content (AvgIpc) is 3.30. The van der Waals surface area contributed by atoms with Crippen LogP contribution in [-0.2, 0) is 0 Å². The fourth-order valence-electron chi connectivity index (χ4n) is 4.03. The fourth-order valence-corrected chi connectivity index (χ4v) is 6.85. The van der Waals surface area contributed by atoms with Crippen molar-refractivity contribution in [3.63, 3.8) is 0 Å². The van der Waals surface area contributed by atoms with Gasteiger partial charge in [-0.25, -0.2) is 4.39 Å². The first kappa shape index (κ1) is 21.2. The third-order valence-corrected chi connectivity index (χ3v) is 8.40. The van der Waals surface area contributed by atoms with Crippen molar-refractivity contribution in [2.45, 2.75) is 12.1 Å². The molecule has 0 spiro atoms. The van der Waals surface area contributed by atoms with Crippen molar-refractivity contribution in [3.05, 3.63) is 121 Å². The summed E-state index contributed by atoms with van der Waals surface area (Å²) in [7, 11) is -0.957. The molecule has 0 bridgehead atoms. The minimum absolute atomic E-state index is 0.141. The molecule has 0 saturated carbocycles. The van der Waals surface area contributed by atoms with Crippen LogP contribution >= 0.6 is 7.92 Å². The number of hydrogen-bond acceptors (Lipinski definition) is 3. The summed E-state index contributed by atoms with van der Waals surface area (Å²) in [4.78, 5) is 13.5. The smallest absolute Gasteiger partial charge is 0.249 e. The number of rotatable bonds is 6. The summed E-state index contributed by atoms with van der Waals surface area (Å²) >= 11 is 0. The molecule has 0 radical (unpaired) electrons. The van der Waals surface area contributed by atoms with Crippen molar-refractivity contribution in [1.82, 2.24) is 15.0 Å². The van der Waals surface area contributed by atoms with E-state index in [1.807, 2.05) is 60.7 Å². The Bertz CT molecular complexity index is 1330. The molecule has 0 aliphatic heterocycles. The quantitative estimate of drug-likeness (QED) is 0.320. The summed E-state index contributed by atoms with van der Waals surface area (Å²) in [6.07, 6.45) is 0.217. The number of hydrogen-bond donors (Lipinski definition) is 0. The highest BCUT2D eigenvalue weighted by Gasteiger charge is 2.29. The molecule has 4 aromatic carbocycles. The summed E-state index contributed by atoms with van der Waals surface area (Å²) in [5.41, 5.74) is 2.12. The molecule has 1 heterocycles. The van der Waals surface area contributed by atoms with Crippen molar-refractivity contribution in [3.8, 4) is 0 Å². The Balaban J connectivity index is 1.61. The molecule has 1 aromatic heterocycles. The summed E-state index contributed by atoms with van der Waals surface area (Å²) < 4.78 is 15.2. The van der Waals surface area contributed by atoms with E-state index in [0.717, 1.165) is 16.2 Å². The Morgan fingerprint density at radius 2 is 1.36 bits per heavy atom. The van der Waals surface area contributed by atoms with Gasteiger partial charge in [0.1, 0.15) is 11.3 Å². The summed E-state index contributed by atoms with van der Waals surface area (Å²) in [6, 6.07) is 34.4. The van der Waals surface area contributed by atoms with Crippen LogP contribution in [0.1, 0.15) is 22.4 Å². The van der Waals surface area contributed by atoms with E-state index in [4.69, 9.17) is 0 Å². The van der Waals surface area contributed by atoms with Gasteiger partial charge in [-0.05, 0) is 48.4 Å². The van der Waals surface area contributed by atoms with Crippen LogP contribution < -0.4 is 10.6 Å². The van der Waals surface area contributed by atoms with E-state index < -0.39 is 7.92 Å². The Kier molecular flexibility index (Phi) is 6.05. The highest BCUT2D eigenvalue weighted by Crippen LogP contribution is 2.51. The number of benzene rings is 4. The van der Waals surface area contributed by atoms with Crippen molar-refractivity contribution >= 4 is 35.5 Å². The number of aromatic nitrogens is 3. The molecular weight excluding hydrogens is 432 g/mol. The molecule has 1 atom stereocenters. The first-order chi connectivity index (χ1) is 16.2. The van der Waals surface area contributed by atoms with Crippen LogP contribution in [0.5, 0.6) is 0 Å². The van der Waals surface area contributed by atoms with Crippen LogP contribution in [0, 0.1) is 5.82 Å². The lowest BCUT2D eigenvalue weighted by Crippen LogP contribution is -2.22. The van der Waals surface area contributed by atoms with Crippen molar-refractivity contribution in [1.29, 1.82) is 0 Å². The Morgan fingerprint density at radius 1 is 0.788 bits per heavy atom. The van der Waals surface area contributed by atoms with Gasteiger partial charge in [-0.3, -0.25) is 4.79 Å². The third-order valence-electron chi connectivity index (χ3n) is 5.59. The Hall–Kier alpha value is -3.69.